The van der Waals surface area contributed by atoms with E-state index in [1.807, 2.05) is 18.2 Å². The van der Waals surface area contributed by atoms with Crippen molar-refractivity contribution in [1.82, 2.24) is 19.9 Å². The largest absolute Gasteiger partial charge is 0.383 e. The summed E-state index contributed by atoms with van der Waals surface area (Å²) in [6, 6.07) is 14.4. The number of methoxy groups -OCH3 is 1. The van der Waals surface area contributed by atoms with E-state index in [9.17, 15) is 9.18 Å². The monoisotopic (exact) mass is 430 g/mol. The topological polar surface area (TPSA) is 60.2 Å². The van der Waals surface area contributed by atoms with Crippen LogP contribution < -0.4 is 0 Å². The summed E-state index contributed by atoms with van der Waals surface area (Å²) in [7, 11) is 1.60. The van der Waals surface area contributed by atoms with Crippen molar-refractivity contribution in [2.75, 3.05) is 26.8 Å². The van der Waals surface area contributed by atoms with Crippen molar-refractivity contribution in [3.63, 3.8) is 0 Å². The lowest BCUT2D eigenvalue weighted by molar-refractivity contribution is 0.0686. The molecule has 0 fully saturated rings. The molecule has 0 bridgehead atoms. The van der Waals surface area contributed by atoms with Crippen LogP contribution in [0, 0.1) is 12.7 Å². The van der Waals surface area contributed by atoms with E-state index in [1.54, 1.807) is 25.0 Å². The van der Waals surface area contributed by atoms with Crippen LogP contribution in [0.15, 0.2) is 48.5 Å². The Labute approximate surface area is 180 Å². The van der Waals surface area contributed by atoms with Gasteiger partial charge in [-0.25, -0.2) is 9.07 Å². The molecule has 0 atom stereocenters. The first-order chi connectivity index (χ1) is 14.5. The van der Waals surface area contributed by atoms with Crippen molar-refractivity contribution >= 4 is 17.5 Å². The molecule has 158 valence electrons. The highest BCUT2D eigenvalue weighted by Gasteiger charge is 2.23. The van der Waals surface area contributed by atoms with E-state index in [0.29, 0.717) is 31.1 Å². The van der Waals surface area contributed by atoms with Gasteiger partial charge in [-0.15, -0.1) is 5.10 Å². The second kappa shape index (κ2) is 10.3. The van der Waals surface area contributed by atoms with E-state index < -0.39 is 5.82 Å². The van der Waals surface area contributed by atoms with Crippen LogP contribution in [-0.4, -0.2) is 52.6 Å². The molecule has 30 heavy (non-hydrogen) atoms. The minimum atomic E-state index is -0.515. The average molecular weight is 431 g/mol. The van der Waals surface area contributed by atoms with Crippen molar-refractivity contribution in [3.8, 4) is 5.69 Å². The number of hydrogen-bond donors (Lipinski definition) is 0. The first kappa shape index (κ1) is 21.9. The Morgan fingerprint density at radius 3 is 2.67 bits per heavy atom. The number of carbonyl (C=O) groups excluding carboxylic acids is 1. The molecule has 0 aliphatic rings. The Balaban J connectivity index is 1.75. The standard InChI is InChI=1S/C22H24ClFN4O2/c1-16-21(25-26-28(16)18-10-11-20(24)19(23)15-18)22(29)27(13-14-30-2)12-6-9-17-7-4-3-5-8-17/h3-5,7-8,10-11,15H,6,9,12-14H2,1-2H3. The lowest BCUT2D eigenvalue weighted by atomic mass is 10.1. The van der Waals surface area contributed by atoms with E-state index in [4.69, 9.17) is 16.3 Å². The molecule has 0 saturated heterocycles. The minimum absolute atomic E-state index is 0.0158. The number of nitrogens with zero attached hydrogens (tertiary/aromatic N) is 4. The van der Waals surface area contributed by atoms with Crippen molar-refractivity contribution in [2.24, 2.45) is 0 Å². The van der Waals surface area contributed by atoms with E-state index in [0.717, 1.165) is 12.8 Å². The number of carbonyl (C=O) groups is 1. The van der Waals surface area contributed by atoms with Gasteiger partial charge in [0.05, 0.1) is 23.0 Å². The van der Waals surface area contributed by atoms with Gasteiger partial charge in [0, 0.05) is 20.2 Å². The number of halogens is 2. The number of aryl methyl sites for hydroxylation is 1. The molecule has 3 aromatic rings. The number of benzene rings is 2. The summed E-state index contributed by atoms with van der Waals surface area (Å²) >= 11 is 5.88. The van der Waals surface area contributed by atoms with Gasteiger partial charge in [-0.2, -0.15) is 0 Å². The summed E-state index contributed by atoms with van der Waals surface area (Å²) < 4.78 is 20.1. The number of amides is 1. The Morgan fingerprint density at radius 1 is 1.20 bits per heavy atom. The molecule has 0 spiro atoms. The van der Waals surface area contributed by atoms with Crippen molar-refractivity contribution in [2.45, 2.75) is 19.8 Å². The van der Waals surface area contributed by atoms with E-state index >= 15 is 0 Å². The molecule has 0 aliphatic carbocycles. The minimum Gasteiger partial charge on any atom is -0.383 e. The van der Waals surface area contributed by atoms with Gasteiger partial charge in [0.2, 0.25) is 0 Å². The fraction of sp³-hybridized carbons (Fsp3) is 0.318. The summed E-state index contributed by atoms with van der Waals surface area (Å²) in [6.45, 7) is 3.21. The summed E-state index contributed by atoms with van der Waals surface area (Å²) in [4.78, 5) is 14.9. The molecular weight excluding hydrogens is 407 g/mol. The SMILES string of the molecule is COCCN(CCCc1ccccc1)C(=O)c1nnn(-c2ccc(F)c(Cl)c2)c1C. The molecule has 0 aliphatic heterocycles. The number of ether oxygens (including phenoxy) is 1. The van der Waals surface area contributed by atoms with Crippen LogP contribution in [0.2, 0.25) is 5.02 Å². The highest BCUT2D eigenvalue weighted by atomic mass is 35.5. The van der Waals surface area contributed by atoms with Crippen LogP contribution in [0.3, 0.4) is 0 Å². The van der Waals surface area contributed by atoms with Crippen molar-refractivity contribution < 1.29 is 13.9 Å². The smallest absolute Gasteiger partial charge is 0.276 e. The van der Waals surface area contributed by atoms with E-state index in [2.05, 4.69) is 22.4 Å². The number of aromatic nitrogens is 3. The van der Waals surface area contributed by atoms with E-state index in [1.165, 1.54) is 22.4 Å². The van der Waals surface area contributed by atoms with Crippen LogP contribution >= 0.6 is 11.6 Å². The molecule has 0 saturated carbocycles. The van der Waals surface area contributed by atoms with Crippen LogP contribution in [-0.2, 0) is 11.2 Å². The number of rotatable bonds is 9. The number of hydrogen-bond acceptors (Lipinski definition) is 4. The molecule has 3 rings (SSSR count). The lowest BCUT2D eigenvalue weighted by Crippen LogP contribution is -2.35. The first-order valence-electron chi connectivity index (χ1n) is 9.71. The summed E-state index contributed by atoms with van der Waals surface area (Å²) in [5, 5.41) is 8.14. The van der Waals surface area contributed by atoms with Gasteiger partial charge >= 0.3 is 0 Å². The third-order valence-electron chi connectivity index (χ3n) is 4.83. The Hall–Kier alpha value is -2.77. The normalized spacial score (nSPS) is 10.9. The molecule has 1 heterocycles. The zero-order chi connectivity index (χ0) is 21.5. The highest BCUT2D eigenvalue weighted by molar-refractivity contribution is 6.30. The van der Waals surface area contributed by atoms with Crippen LogP contribution in [0.1, 0.15) is 28.2 Å². The van der Waals surface area contributed by atoms with Gasteiger partial charge in [0.15, 0.2) is 5.69 Å². The maximum absolute atomic E-state index is 13.5. The highest BCUT2D eigenvalue weighted by Crippen LogP contribution is 2.20. The average Bonchev–Trinajstić information content (AvgIpc) is 3.14. The van der Waals surface area contributed by atoms with Gasteiger partial charge in [0.1, 0.15) is 5.82 Å². The molecule has 0 radical (unpaired) electrons. The molecule has 1 amide bonds. The summed E-state index contributed by atoms with van der Waals surface area (Å²) in [5.74, 6) is -0.726. The van der Waals surface area contributed by atoms with E-state index in [-0.39, 0.29) is 16.6 Å². The van der Waals surface area contributed by atoms with Crippen LogP contribution in [0.25, 0.3) is 5.69 Å². The third kappa shape index (κ3) is 5.23. The molecule has 8 heteroatoms. The zero-order valence-corrected chi connectivity index (χ0v) is 17.8. The van der Waals surface area contributed by atoms with Crippen molar-refractivity contribution in [1.29, 1.82) is 0 Å². The van der Waals surface area contributed by atoms with Gasteiger partial charge in [-0.05, 0) is 43.5 Å². The van der Waals surface area contributed by atoms with Gasteiger partial charge in [-0.1, -0.05) is 47.1 Å². The van der Waals surface area contributed by atoms with Crippen LogP contribution in [0.4, 0.5) is 4.39 Å². The summed E-state index contributed by atoms with van der Waals surface area (Å²) in [6.07, 6.45) is 1.69. The molecule has 1 aromatic heterocycles. The maximum Gasteiger partial charge on any atom is 0.276 e. The first-order valence-corrected chi connectivity index (χ1v) is 10.1. The molecule has 0 unspecified atom stereocenters. The van der Waals surface area contributed by atoms with Gasteiger partial charge < -0.3 is 9.64 Å². The summed E-state index contributed by atoms with van der Waals surface area (Å²) in [5.41, 5.74) is 2.59. The zero-order valence-electron chi connectivity index (χ0n) is 17.0. The predicted octanol–water partition coefficient (Wildman–Crippen LogP) is 4.09. The van der Waals surface area contributed by atoms with Gasteiger partial charge in [0.25, 0.3) is 5.91 Å². The second-order valence-corrected chi connectivity index (χ2v) is 7.32. The fourth-order valence-corrected chi connectivity index (χ4v) is 3.35. The van der Waals surface area contributed by atoms with Crippen LogP contribution in [0.5, 0.6) is 0 Å². The Morgan fingerprint density at radius 2 is 1.97 bits per heavy atom. The molecule has 6 nitrogen and oxygen atoms in total. The van der Waals surface area contributed by atoms with Gasteiger partial charge in [-0.3, -0.25) is 4.79 Å². The fourth-order valence-electron chi connectivity index (χ4n) is 3.17. The third-order valence-corrected chi connectivity index (χ3v) is 5.12. The molecule has 2 aromatic carbocycles. The Kier molecular flexibility index (Phi) is 7.54. The predicted molar refractivity (Wildman–Crippen MR) is 114 cm³/mol. The maximum atomic E-state index is 13.5. The lowest BCUT2D eigenvalue weighted by Gasteiger charge is -2.21. The second-order valence-electron chi connectivity index (χ2n) is 6.91. The van der Waals surface area contributed by atoms with Crippen molar-refractivity contribution in [3.05, 3.63) is 76.3 Å². The molecule has 0 N–H and O–H groups in total. The quantitative estimate of drug-likeness (QED) is 0.513. The molecular formula is C22H24ClFN4O2. The Bertz CT molecular complexity index is 994.